The van der Waals surface area contributed by atoms with Crippen LogP contribution in [0.2, 0.25) is 5.02 Å². The monoisotopic (exact) mass is 329 g/mol. The topological polar surface area (TPSA) is 70.2 Å². The largest absolute Gasteiger partial charge is 0.326 e. The molecule has 0 saturated carbocycles. The molecular formula is C17H16ClN3O2. The normalized spacial score (nSPS) is 10.3. The highest BCUT2D eigenvalue weighted by Crippen LogP contribution is 2.13. The van der Waals surface area contributed by atoms with Crippen LogP contribution < -0.4 is 16.0 Å². The average molecular weight is 330 g/mol. The molecular weight excluding hydrogens is 314 g/mol. The van der Waals surface area contributed by atoms with Gasteiger partial charge in [0.2, 0.25) is 5.91 Å². The van der Waals surface area contributed by atoms with Gasteiger partial charge in [-0.25, -0.2) is 4.79 Å². The summed E-state index contributed by atoms with van der Waals surface area (Å²) in [4.78, 5) is 22.7. The number of carbonyl (C=O) groups excluding carboxylic acids is 2. The number of halogens is 1. The van der Waals surface area contributed by atoms with Gasteiger partial charge in [-0.3, -0.25) is 4.79 Å². The van der Waals surface area contributed by atoms with Gasteiger partial charge in [-0.05, 0) is 48.0 Å². The van der Waals surface area contributed by atoms with E-state index in [9.17, 15) is 9.59 Å². The minimum absolute atomic E-state index is 0.143. The van der Waals surface area contributed by atoms with Crippen LogP contribution in [0.15, 0.2) is 54.7 Å². The van der Waals surface area contributed by atoms with E-state index in [0.29, 0.717) is 16.4 Å². The van der Waals surface area contributed by atoms with Gasteiger partial charge in [0.25, 0.3) is 0 Å². The van der Waals surface area contributed by atoms with Crippen LogP contribution in [-0.4, -0.2) is 11.9 Å². The zero-order valence-electron chi connectivity index (χ0n) is 12.5. The molecule has 0 radical (unpaired) electrons. The first-order valence-corrected chi connectivity index (χ1v) is 7.28. The van der Waals surface area contributed by atoms with E-state index >= 15 is 0 Å². The van der Waals surface area contributed by atoms with Crippen molar-refractivity contribution in [2.24, 2.45) is 0 Å². The Morgan fingerprint density at radius 3 is 2.04 bits per heavy atom. The predicted molar refractivity (Wildman–Crippen MR) is 93.4 cm³/mol. The Bertz CT molecular complexity index is 710. The van der Waals surface area contributed by atoms with Gasteiger partial charge in [-0.1, -0.05) is 23.7 Å². The number of anilines is 2. The molecule has 0 fully saturated rings. The van der Waals surface area contributed by atoms with E-state index in [1.54, 1.807) is 48.7 Å². The molecule has 5 nitrogen and oxygen atoms in total. The number of hydrogen-bond acceptors (Lipinski definition) is 2. The van der Waals surface area contributed by atoms with E-state index in [1.807, 2.05) is 12.1 Å². The van der Waals surface area contributed by atoms with Gasteiger partial charge >= 0.3 is 6.03 Å². The second kappa shape index (κ2) is 8.00. The second-order valence-corrected chi connectivity index (χ2v) is 5.18. The Hall–Kier alpha value is -2.79. The average Bonchev–Trinajstić information content (AvgIpc) is 2.51. The Morgan fingerprint density at radius 1 is 0.913 bits per heavy atom. The van der Waals surface area contributed by atoms with E-state index in [4.69, 9.17) is 11.6 Å². The molecule has 0 atom stereocenters. The Morgan fingerprint density at radius 2 is 1.48 bits per heavy atom. The van der Waals surface area contributed by atoms with Gasteiger partial charge in [-0.2, -0.15) is 0 Å². The highest BCUT2D eigenvalue weighted by Gasteiger charge is 2.00. The smallest absolute Gasteiger partial charge is 0.323 e. The van der Waals surface area contributed by atoms with Crippen LogP contribution in [0.3, 0.4) is 0 Å². The first-order chi connectivity index (χ1) is 11.0. The fourth-order valence-corrected chi connectivity index (χ4v) is 1.92. The highest BCUT2D eigenvalue weighted by molar-refractivity contribution is 6.30. The summed E-state index contributed by atoms with van der Waals surface area (Å²) in [5, 5.41) is 8.61. The quantitative estimate of drug-likeness (QED) is 0.790. The molecule has 0 aliphatic heterocycles. The summed E-state index contributed by atoms with van der Waals surface area (Å²) in [5.74, 6) is -0.143. The van der Waals surface area contributed by atoms with Gasteiger partial charge in [0.1, 0.15) is 0 Å². The molecule has 0 aromatic heterocycles. The summed E-state index contributed by atoms with van der Waals surface area (Å²) in [7, 11) is 0. The number of carbonyl (C=O) groups is 2. The number of hydrogen-bond donors (Lipinski definition) is 3. The van der Waals surface area contributed by atoms with E-state index in [1.165, 1.54) is 6.92 Å². The van der Waals surface area contributed by atoms with Crippen molar-refractivity contribution in [1.82, 2.24) is 5.32 Å². The molecule has 6 heteroatoms. The summed E-state index contributed by atoms with van der Waals surface area (Å²) in [5.41, 5.74) is 2.22. The van der Waals surface area contributed by atoms with E-state index < -0.39 is 0 Å². The standard InChI is InChI=1S/C17H16ClN3O2/c1-12(22)20-15-6-8-16(9-7-15)21-17(23)19-11-10-13-2-4-14(18)5-3-13/h2-11H,1H3,(H,20,22)(H2,19,21,23)/b11-10+. The van der Waals surface area contributed by atoms with Gasteiger partial charge in [0, 0.05) is 29.5 Å². The number of urea groups is 1. The lowest BCUT2D eigenvalue weighted by Crippen LogP contribution is -2.23. The van der Waals surface area contributed by atoms with Crippen LogP contribution in [0.4, 0.5) is 16.2 Å². The zero-order chi connectivity index (χ0) is 16.7. The SMILES string of the molecule is CC(=O)Nc1ccc(NC(=O)N/C=C/c2ccc(Cl)cc2)cc1. The van der Waals surface area contributed by atoms with E-state index in [-0.39, 0.29) is 11.9 Å². The number of benzene rings is 2. The third-order valence-electron chi connectivity index (χ3n) is 2.82. The molecule has 0 saturated heterocycles. The minimum atomic E-state index is -0.359. The third kappa shape index (κ3) is 5.84. The Labute approximate surface area is 139 Å². The van der Waals surface area contributed by atoms with Crippen LogP contribution in [0.5, 0.6) is 0 Å². The molecule has 0 spiro atoms. The van der Waals surface area contributed by atoms with Crippen LogP contribution >= 0.6 is 11.6 Å². The molecule has 0 aliphatic carbocycles. The van der Waals surface area contributed by atoms with Gasteiger partial charge in [0.05, 0.1) is 0 Å². The molecule has 2 rings (SSSR count). The van der Waals surface area contributed by atoms with Crippen LogP contribution in [0.25, 0.3) is 6.08 Å². The van der Waals surface area contributed by atoms with Crippen molar-refractivity contribution in [3.63, 3.8) is 0 Å². The minimum Gasteiger partial charge on any atom is -0.326 e. The first kappa shape index (κ1) is 16.6. The van der Waals surface area contributed by atoms with Crippen LogP contribution in [-0.2, 0) is 4.79 Å². The summed E-state index contributed by atoms with van der Waals surface area (Å²) in [6, 6.07) is 13.7. The highest BCUT2D eigenvalue weighted by atomic mass is 35.5. The molecule has 3 N–H and O–H groups in total. The lowest BCUT2D eigenvalue weighted by Gasteiger charge is -2.06. The van der Waals surface area contributed by atoms with Gasteiger partial charge in [0.15, 0.2) is 0 Å². The Balaban J connectivity index is 1.84. The second-order valence-electron chi connectivity index (χ2n) is 4.74. The van der Waals surface area contributed by atoms with Gasteiger partial charge in [-0.15, -0.1) is 0 Å². The van der Waals surface area contributed by atoms with Crippen molar-refractivity contribution >= 4 is 41.0 Å². The first-order valence-electron chi connectivity index (χ1n) is 6.90. The Kier molecular flexibility index (Phi) is 5.77. The van der Waals surface area contributed by atoms with Crippen molar-refractivity contribution in [3.8, 4) is 0 Å². The molecule has 3 amide bonds. The third-order valence-corrected chi connectivity index (χ3v) is 3.08. The number of amides is 3. The number of nitrogens with one attached hydrogen (secondary N) is 3. The predicted octanol–water partition coefficient (Wildman–Crippen LogP) is 4.09. The van der Waals surface area contributed by atoms with Crippen molar-refractivity contribution in [2.45, 2.75) is 6.92 Å². The molecule has 0 unspecified atom stereocenters. The molecule has 0 bridgehead atoms. The van der Waals surface area contributed by atoms with Crippen LogP contribution in [0, 0.1) is 0 Å². The molecule has 0 aliphatic rings. The van der Waals surface area contributed by atoms with Crippen molar-refractivity contribution in [2.75, 3.05) is 10.6 Å². The summed E-state index contributed by atoms with van der Waals surface area (Å²) in [6.07, 6.45) is 3.31. The van der Waals surface area contributed by atoms with Crippen LogP contribution in [0.1, 0.15) is 12.5 Å². The molecule has 2 aromatic carbocycles. The summed E-state index contributed by atoms with van der Waals surface area (Å²) in [6.45, 7) is 1.44. The maximum absolute atomic E-state index is 11.8. The van der Waals surface area contributed by atoms with Gasteiger partial charge < -0.3 is 16.0 Å². The zero-order valence-corrected chi connectivity index (χ0v) is 13.2. The lowest BCUT2D eigenvalue weighted by molar-refractivity contribution is -0.114. The molecule has 0 heterocycles. The lowest BCUT2D eigenvalue weighted by atomic mass is 10.2. The maximum Gasteiger partial charge on any atom is 0.323 e. The van der Waals surface area contributed by atoms with E-state index in [0.717, 1.165) is 5.56 Å². The van der Waals surface area contributed by atoms with Crippen molar-refractivity contribution in [3.05, 3.63) is 65.3 Å². The van der Waals surface area contributed by atoms with Crippen molar-refractivity contribution in [1.29, 1.82) is 0 Å². The van der Waals surface area contributed by atoms with E-state index in [2.05, 4.69) is 16.0 Å². The molecule has 118 valence electrons. The molecule has 2 aromatic rings. The summed E-state index contributed by atoms with van der Waals surface area (Å²) >= 11 is 5.80. The summed E-state index contributed by atoms with van der Waals surface area (Å²) < 4.78 is 0. The fraction of sp³-hybridized carbons (Fsp3) is 0.0588. The van der Waals surface area contributed by atoms with Crippen molar-refractivity contribution < 1.29 is 9.59 Å². The fourth-order valence-electron chi connectivity index (χ4n) is 1.79. The molecule has 23 heavy (non-hydrogen) atoms. The maximum atomic E-state index is 11.8. The number of rotatable bonds is 4.